The van der Waals surface area contributed by atoms with Crippen molar-refractivity contribution in [2.45, 2.75) is 25.3 Å². The van der Waals surface area contributed by atoms with Crippen LogP contribution in [0.15, 0.2) is 30.0 Å². The fraction of sp³-hybridized carbons (Fsp3) is 0.583. The number of nitrogens with zero attached hydrogens (tertiary/aromatic N) is 4. The van der Waals surface area contributed by atoms with Gasteiger partial charge in [-0.15, -0.1) is 0 Å². The molecule has 0 unspecified atom stereocenters. The number of piperidine rings is 1. The highest BCUT2D eigenvalue weighted by Crippen LogP contribution is 2.33. The van der Waals surface area contributed by atoms with Crippen molar-refractivity contribution in [2.75, 3.05) is 66.6 Å². The number of likely N-dealkylation sites (N-methyl/N-ethyl adjacent to an activating group) is 1. The van der Waals surface area contributed by atoms with E-state index < -0.39 is 0 Å². The normalized spacial score (nSPS) is 21.7. The topological polar surface area (TPSA) is 56.3 Å². The zero-order chi connectivity index (χ0) is 22.7. The number of benzene rings is 1. The molecule has 2 amide bonds. The standard InChI is InChI=1S/C24H33FN4O3/c1-26-12-8-20(9-13-26)27(2)22-21(18-4-6-19(25)7-5-18)23(30)29(24(22)31)11-3-10-28-14-16-32-17-15-28/h4-7,20H,3,8-17H2,1-2H3. The van der Waals surface area contributed by atoms with Crippen LogP contribution in [0.3, 0.4) is 0 Å². The summed E-state index contributed by atoms with van der Waals surface area (Å²) in [6.07, 6.45) is 2.59. The first kappa shape index (κ1) is 22.9. The fourth-order valence-corrected chi connectivity index (χ4v) is 4.81. The number of hydrogen-bond donors (Lipinski definition) is 0. The molecular formula is C24H33FN4O3. The van der Waals surface area contributed by atoms with Crippen LogP contribution in [0.1, 0.15) is 24.8 Å². The molecule has 3 heterocycles. The summed E-state index contributed by atoms with van der Waals surface area (Å²) in [5.74, 6) is -0.880. The fourth-order valence-electron chi connectivity index (χ4n) is 4.81. The Morgan fingerprint density at radius 3 is 2.31 bits per heavy atom. The zero-order valence-electron chi connectivity index (χ0n) is 19.1. The largest absolute Gasteiger partial charge is 0.379 e. The van der Waals surface area contributed by atoms with E-state index in [0.717, 1.165) is 65.2 Å². The maximum absolute atomic E-state index is 13.5. The number of ether oxygens (including phenoxy) is 1. The molecule has 0 N–H and O–H groups in total. The lowest BCUT2D eigenvalue weighted by atomic mass is 10.00. The quantitative estimate of drug-likeness (QED) is 0.597. The van der Waals surface area contributed by atoms with Gasteiger partial charge in [-0.1, -0.05) is 12.1 Å². The highest BCUT2D eigenvalue weighted by atomic mass is 19.1. The summed E-state index contributed by atoms with van der Waals surface area (Å²) in [6, 6.07) is 6.06. The van der Waals surface area contributed by atoms with Crippen LogP contribution in [0, 0.1) is 5.82 Å². The molecule has 0 aromatic heterocycles. The minimum atomic E-state index is -0.362. The monoisotopic (exact) mass is 444 g/mol. The smallest absolute Gasteiger partial charge is 0.277 e. The van der Waals surface area contributed by atoms with E-state index in [2.05, 4.69) is 16.8 Å². The SMILES string of the molecule is CN1CCC(N(C)C2=C(c3ccc(F)cc3)C(=O)N(CCCN3CCOCC3)C2=O)CC1. The van der Waals surface area contributed by atoms with E-state index in [0.29, 0.717) is 23.4 Å². The average molecular weight is 445 g/mol. The number of halogens is 1. The third-order valence-corrected chi connectivity index (χ3v) is 6.82. The van der Waals surface area contributed by atoms with Gasteiger partial charge in [0.05, 0.1) is 18.8 Å². The molecule has 1 aromatic carbocycles. The molecule has 0 aliphatic carbocycles. The third kappa shape index (κ3) is 4.87. The Morgan fingerprint density at radius 2 is 1.66 bits per heavy atom. The van der Waals surface area contributed by atoms with Gasteiger partial charge < -0.3 is 14.5 Å². The lowest BCUT2D eigenvalue weighted by Gasteiger charge is -2.36. The van der Waals surface area contributed by atoms with E-state index in [-0.39, 0.29) is 23.7 Å². The van der Waals surface area contributed by atoms with Crippen molar-refractivity contribution >= 4 is 17.4 Å². The van der Waals surface area contributed by atoms with E-state index in [1.807, 2.05) is 11.9 Å². The Labute approximate surface area is 189 Å². The van der Waals surface area contributed by atoms with Gasteiger partial charge in [0.2, 0.25) is 0 Å². The summed E-state index contributed by atoms with van der Waals surface area (Å²) in [5, 5.41) is 0. The summed E-state index contributed by atoms with van der Waals surface area (Å²) >= 11 is 0. The summed E-state index contributed by atoms with van der Waals surface area (Å²) in [7, 11) is 4.01. The minimum absolute atomic E-state index is 0.196. The molecule has 4 rings (SSSR count). The number of carbonyl (C=O) groups is 2. The maximum Gasteiger partial charge on any atom is 0.277 e. The van der Waals surface area contributed by atoms with Crippen molar-refractivity contribution in [3.63, 3.8) is 0 Å². The molecule has 2 saturated heterocycles. The van der Waals surface area contributed by atoms with Gasteiger partial charge in [-0.25, -0.2) is 4.39 Å². The van der Waals surface area contributed by atoms with Crippen molar-refractivity contribution in [1.29, 1.82) is 0 Å². The molecule has 7 nitrogen and oxygen atoms in total. The highest BCUT2D eigenvalue weighted by molar-refractivity contribution is 6.35. The Bertz CT molecular complexity index is 859. The molecule has 0 radical (unpaired) electrons. The summed E-state index contributed by atoms with van der Waals surface area (Å²) < 4.78 is 18.9. The number of carbonyl (C=O) groups excluding carboxylic acids is 2. The average Bonchev–Trinajstić information content (AvgIpc) is 3.05. The molecule has 32 heavy (non-hydrogen) atoms. The molecule has 3 aliphatic heterocycles. The van der Waals surface area contributed by atoms with Crippen molar-refractivity contribution in [2.24, 2.45) is 0 Å². The van der Waals surface area contributed by atoms with Gasteiger partial charge in [0, 0.05) is 39.3 Å². The number of morpholine rings is 1. The molecule has 0 bridgehead atoms. The van der Waals surface area contributed by atoms with Gasteiger partial charge >= 0.3 is 0 Å². The number of amides is 2. The van der Waals surface area contributed by atoms with Gasteiger partial charge in [0.1, 0.15) is 11.5 Å². The third-order valence-electron chi connectivity index (χ3n) is 6.82. The van der Waals surface area contributed by atoms with Gasteiger partial charge in [0.15, 0.2) is 0 Å². The van der Waals surface area contributed by atoms with Crippen LogP contribution in [-0.2, 0) is 14.3 Å². The van der Waals surface area contributed by atoms with Gasteiger partial charge in [-0.3, -0.25) is 19.4 Å². The van der Waals surface area contributed by atoms with Crippen LogP contribution in [-0.4, -0.2) is 104 Å². The molecule has 174 valence electrons. The van der Waals surface area contributed by atoms with Crippen LogP contribution in [0.25, 0.3) is 5.57 Å². The van der Waals surface area contributed by atoms with E-state index >= 15 is 0 Å². The molecule has 2 fully saturated rings. The van der Waals surface area contributed by atoms with Crippen LogP contribution >= 0.6 is 0 Å². The minimum Gasteiger partial charge on any atom is -0.379 e. The van der Waals surface area contributed by atoms with Crippen LogP contribution < -0.4 is 0 Å². The summed E-state index contributed by atoms with van der Waals surface area (Å²) in [6.45, 7) is 6.33. The number of imide groups is 1. The second kappa shape index (κ2) is 10.1. The van der Waals surface area contributed by atoms with E-state index in [1.54, 1.807) is 12.1 Å². The summed E-state index contributed by atoms with van der Waals surface area (Å²) in [5.41, 5.74) is 1.43. The zero-order valence-corrected chi connectivity index (χ0v) is 19.1. The van der Waals surface area contributed by atoms with Crippen LogP contribution in [0.5, 0.6) is 0 Å². The first-order chi connectivity index (χ1) is 15.5. The predicted octanol–water partition coefficient (Wildman–Crippen LogP) is 1.65. The molecule has 0 atom stereocenters. The molecule has 1 aromatic rings. The predicted molar refractivity (Wildman–Crippen MR) is 120 cm³/mol. The Balaban J connectivity index is 1.54. The van der Waals surface area contributed by atoms with Gasteiger partial charge in [-0.05, 0) is 57.1 Å². The first-order valence-corrected chi connectivity index (χ1v) is 11.5. The second-order valence-electron chi connectivity index (χ2n) is 8.95. The number of hydrogen-bond acceptors (Lipinski definition) is 6. The number of rotatable bonds is 7. The van der Waals surface area contributed by atoms with Crippen LogP contribution in [0.2, 0.25) is 0 Å². The van der Waals surface area contributed by atoms with Crippen molar-refractivity contribution in [3.8, 4) is 0 Å². The Morgan fingerprint density at radius 1 is 1.00 bits per heavy atom. The number of likely N-dealkylation sites (tertiary alicyclic amines) is 1. The van der Waals surface area contributed by atoms with E-state index in [4.69, 9.17) is 4.74 Å². The lowest BCUT2D eigenvalue weighted by molar-refractivity contribution is -0.137. The molecule has 0 saturated carbocycles. The molecule has 0 spiro atoms. The summed E-state index contributed by atoms with van der Waals surface area (Å²) in [4.78, 5) is 34.8. The lowest BCUT2D eigenvalue weighted by Crippen LogP contribution is -2.44. The Hall–Kier alpha value is -2.29. The van der Waals surface area contributed by atoms with E-state index in [1.165, 1.54) is 17.0 Å². The van der Waals surface area contributed by atoms with Crippen LogP contribution in [0.4, 0.5) is 4.39 Å². The first-order valence-electron chi connectivity index (χ1n) is 11.5. The van der Waals surface area contributed by atoms with Gasteiger partial charge in [-0.2, -0.15) is 0 Å². The molecular weight excluding hydrogens is 411 g/mol. The Kier molecular flexibility index (Phi) is 7.23. The van der Waals surface area contributed by atoms with Crippen molar-refractivity contribution < 1.29 is 18.7 Å². The second-order valence-corrected chi connectivity index (χ2v) is 8.95. The highest BCUT2D eigenvalue weighted by Gasteiger charge is 2.42. The maximum atomic E-state index is 13.5. The van der Waals surface area contributed by atoms with Crippen molar-refractivity contribution in [3.05, 3.63) is 41.3 Å². The molecule has 8 heteroatoms. The van der Waals surface area contributed by atoms with Crippen molar-refractivity contribution in [1.82, 2.24) is 19.6 Å². The van der Waals surface area contributed by atoms with E-state index in [9.17, 15) is 14.0 Å². The molecule has 3 aliphatic rings. The van der Waals surface area contributed by atoms with Gasteiger partial charge in [0.25, 0.3) is 11.8 Å².